The second-order valence-corrected chi connectivity index (χ2v) is 7.55. The summed E-state index contributed by atoms with van der Waals surface area (Å²) in [5, 5.41) is 0. The molecule has 1 aliphatic carbocycles. The molecule has 5 rings (SSSR count). The Hall–Kier alpha value is -2.65. The third-order valence-corrected chi connectivity index (χ3v) is 5.57. The van der Waals surface area contributed by atoms with Gasteiger partial charge in [0.2, 0.25) is 0 Å². The lowest BCUT2D eigenvalue weighted by molar-refractivity contribution is 0.958. The molecule has 2 nitrogen and oxygen atoms in total. The summed E-state index contributed by atoms with van der Waals surface area (Å²) in [6, 6.07) is 25.6. The number of aromatic nitrogens is 2. The van der Waals surface area contributed by atoms with E-state index in [1.165, 1.54) is 22.3 Å². The number of aromatic amines is 1. The number of hydrogen-bond acceptors (Lipinski definition) is 1. The molecule has 0 atom stereocenters. The topological polar surface area (TPSA) is 28.7 Å². The van der Waals surface area contributed by atoms with E-state index >= 15 is 0 Å². The van der Waals surface area contributed by atoms with Gasteiger partial charge >= 0.3 is 0 Å². The Morgan fingerprint density at radius 3 is 2.08 bits per heavy atom. The van der Waals surface area contributed by atoms with Gasteiger partial charge < -0.3 is 4.98 Å². The zero-order valence-corrected chi connectivity index (χ0v) is 15.8. The highest BCUT2D eigenvalue weighted by molar-refractivity contribution is 9.10. The zero-order valence-electron chi connectivity index (χ0n) is 14.2. The van der Waals surface area contributed by atoms with Crippen LogP contribution < -0.4 is 0 Å². The third kappa shape index (κ3) is 2.60. The Labute approximate surface area is 161 Å². The molecule has 0 bridgehead atoms. The highest BCUT2D eigenvalue weighted by Crippen LogP contribution is 2.38. The number of nitrogens with zero attached hydrogens (tertiary/aromatic N) is 1. The van der Waals surface area contributed by atoms with Gasteiger partial charge in [0.15, 0.2) is 0 Å². The van der Waals surface area contributed by atoms with E-state index in [0.717, 1.165) is 40.1 Å². The summed E-state index contributed by atoms with van der Waals surface area (Å²) in [5.74, 6) is 0.911. The van der Waals surface area contributed by atoms with Gasteiger partial charge in [-0.15, -0.1) is 0 Å². The van der Waals surface area contributed by atoms with Gasteiger partial charge in [-0.1, -0.05) is 76.6 Å². The number of H-pyrrole nitrogens is 1. The Bertz CT molecular complexity index is 1030. The van der Waals surface area contributed by atoms with Gasteiger partial charge in [-0.05, 0) is 36.1 Å². The van der Waals surface area contributed by atoms with E-state index in [0.29, 0.717) is 0 Å². The highest BCUT2D eigenvalue weighted by atomic mass is 79.9. The van der Waals surface area contributed by atoms with Crippen molar-refractivity contribution in [2.24, 2.45) is 0 Å². The van der Waals surface area contributed by atoms with Crippen molar-refractivity contribution < 1.29 is 0 Å². The number of halogens is 1. The first-order valence-corrected chi connectivity index (χ1v) is 9.61. The average Bonchev–Trinajstić information content (AvgIpc) is 3.10. The minimum absolute atomic E-state index is 0.911. The van der Waals surface area contributed by atoms with Crippen molar-refractivity contribution in [3.05, 3.63) is 88.4 Å². The van der Waals surface area contributed by atoms with Crippen LogP contribution in [-0.4, -0.2) is 9.97 Å². The van der Waals surface area contributed by atoms with Crippen LogP contribution in [0.15, 0.2) is 77.3 Å². The number of imidazole rings is 1. The summed E-state index contributed by atoms with van der Waals surface area (Å²) in [4.78, 5) is 8.63. The molecule has 1 aliphatic rings. The van der Waals surface area contributed by atoms with E-state index < -0.39 is 0 Å². The SMILES string of the molecule is Brc1ccc(-c2nc3c([nH]2)-c2ccccc2CCc2ccccc2-3)cc1. The van der Waals surface area contributed by atoms with Gasteiger partial charge in [0.1, 0.15) is 5.82 Å². The smallest absolute Gasteiger partial charge is 0.138 e. The molecule has 0 aliphatic heterocycles. The quantitative estimate of drug-likeness (QED) is 0.400. The molecular formula is C23H17BrN2. The molecule has 4 aromatic rings. The summed E-state index contributed by atoms with van der Waals surface area (Å²) in [6.45, 7) is 0. The van der Waals surface area contributed by atoms with Crippen molar-refractivity contribution in [2.45, 2.75) is 12.8 Å². The number of fused-ring (bicyclic) bond motifs is 5. The minimum Gasteiger partial charge on any atom is -0.337 e. The van der Waals surface area contributed by atoms with Crippen LogP contribution >= 0.6 is 15.9 Å². The van der Waals surface area contributed by atoms with Gasteiger partial charge in [-0.2, -0.15) is 0 Å². The molecule has 0 radical (unpaired) electrons. The van der Waals surface area contributed by atoms with E-state index in [9.17, 15) is 0 Å². The molecule has 0 amide bonds. The van der Waals surface area contributed by atoms with Crippen LogP contribution in [0.1, 0.15) is 11.1 Å². The molecule has 1 aromatic heterocycles. The second-order valence-electron chi connectivity index (χ2n) is 6.63. The summed E-state index contributed by atoms with van der Waals surface area (Å²) < 4.78 is 1.07. The van der Waals surface area contributed by atoms with Crippen molar-refractivity contribution in [1.82, 2.24) is 9.97 Å². The molecule has 0 fully saturated rings. The molecule has 3 aromatic carbocycles. The van der Waals surface area contributed by atoms with Crippen LogP contribution in [0.25, 0.3) is 33.9 Å². The molecular weight excluding hydrogens is 384 g/mol. The second kappa shape index (κ2) is 6.26. The van der Waals surface area contributed by atoms with Crippen LogP contribution in [0, 0.1) is 0 Å². The Morgan fingerprint density at radius 1 is 0.731 bits per heavy atom. The summed E-state index contributed by atoms with van der Waals surface area (Å²) in [7, 11) is 0. The molecule has 0 unspecified atom stereocenters. The number of nitrogens with one attached hydrogen (secondary N) is 1. The standard InChI is InChI=1S/C23H17BrN2/c24-18-13-11-17(12-14-18)23-25-21-19-7-3-1-5-15(19)9-10-16-6-2-4-8-20(16)22(21)26-23/h1-8,11-14H,9-10H2,(H,25,26). The van der Waals surface area contributed by atoms with E-state index in [-0.39, 0.29) is 0 Å². The maximum absolute atomic E-state index is 5.02. The van der Waals surface area contributed by atoms with Crippen molar-refractivity contribution in [1.29, 1.82) is 0 Å². The molecule has 3 heteroatoms. The fraction of sp³-hybridized carbons (Fsp3) is 0.0870. The zero-order chi connectivity index (χ0) is 17.5. The maximum atomic E-state index is 5.02. The average molecular weight is 401 g/mol. The normalized spacial score (nSPS) is 12.5. The predicted molar refractivity (Wildman–Crippen MR) is 110 cm³/mol. The Balaban J connectivity index is 1.78. The van der Waals surface area contributed by atoms with E-state index in [2.05, 4.69) is 93.7 Å². The summed E-state index contributed by atoms with van der Waals surface area (Å²) in [6.07, 6.45) is 2.08. The highest BCUT2D eigenvalue weighted by Gasteiger charge is 2.21. The fourth-order valence-corrected chi connectivity index (χ4v) is 3.99. The van der Waals surface area contributed by atoms with Crippen LogP contribution in [-0.2, 0) is 12.8 Å². The van der Waals surface area contributed by atoms with Gasteiger partial charge in [-0.25, -0.2) is 4.98 Å². The fourth-order valence-electron chi connectivity index (χ4n) is 3.73. The van der Waals surface area contributed by atoms with Crippen molar-refractivity contribution >= 4 is 15.9 Å². The lowest BCUT2D eigenvalue weighted by Crippen LogP contribution is -2.01. The molecule has 126 valence electrons. The maximum Gasteiger partial charge on any atom is 0.138 e. The van der Waals surface area contributed by atoms with Gasteiger partial charge in [0.05, 0.1) is 11.4 Å². The Kier molecular flexibility index (Phi) is 3.75. The Morgan fingerprint density at radius 2 is 1.35 bits per heavy atom. The van der Waals surface area contributed by atoms with Crippen LogP contribution in [0.5, 0.6) is 0 Å². The van der Waals surface area contributed by atoms with Gasteiger partial charge in [-0.3, -0.25) is 0 Å². The summed E-state index contributed by atoms with van der Waals surface area (Å²) in [5.41, 5.74) is 8.47. The number of hydrogen-bond donors (Lipinski definition) is 1. The number of aryl methyl sites for hydroxylation is 2. The van der Waals surface area contributed by atoms with Crippen LogP contribution in [0.4, 0.5) is 0 Å². The van der Waals surface area contributed by atoms with Crippen molar-refractivity contribution in [3.8, 4) is 33.9 Å². The minimum atomic E-state index is 0.911. The lowest BCUT2D eigenvalue weighted by Gasteiger charge is -2.16. The van der Waals surface area contributed by atoms with E-state index in [1.54, 1.807) is 0 Å². The first kappa shape index (κ1) is 15.6. The van der Waals surface area contributed by atoms with Gasteiger partial charge in [0.25, 0.3) is 0 Å². The molecule has 1 heterocycles. The monoisotopic (exact) mass is 400 g/mol. The molecule has 0 saturated heterocycles. The first-order chi connectivity index (χ1) is 12.8. The van der Waals surface area contributed by atoms with Crippen molar-refractivity contribution in [2.75, 3.05) is 0 Å². The van der Waals surface area contributed by atoms with Crippen LogP contribution in [0.2, 0.25) is 0 Å². The molecule has 0 saturated carbocycles. The predicted octanol–water partition coefficient (Wildman–Crippen LogP) is 6.27. The molecule has 0 spiro atoms. The largest absolute Gasteiger partial charge is 0.337 e. The molecule has 26 heavy (non-hydrogen) atoms. The first-order valence-electron chi connectivity index (χ1n) is 8.82. The number of rotatable bonds is 1. The lowest BCUT2D eigenvalue weighted by atomic mass is 9.89. The molecule has 1 N–H and O–H groups in total. The number of benzene rings is 3. The third-order valence-electron chi connectivity index (χ3n) is 5.04. The van der Waals surface area contributed by atoms with E-state index in [4.69, 9.17) is 4.98 Å². The van der Waals surface area contributed by atoms with Gasteiger partial charge in [0, 0.05) is 21.2 Å². The van der Waals surface area contributed by atoms with E-state index in [1.807, 2.05) is 0 Å². The van der Waals surface area contributed by atoms with Crippen molar-refractivity contribution in [3.63, 3.8) is 0 Å². The van der Waals surface area contributed by atoms with Crippen LogP contribution in [0.3, 0.4) is 0 Å². The summed E-state index contributed by atoms with van der Waals surface area (Å²) >= 11 is 3.51.